The van der Waals surface area contributed by atoms with E-state index in [0.717, 1.165) is 6.07 Å². The SMILES string of the molecule is COc1ccc(F)c(F)c1C. The second-order valence-electron chi connectivity index (χ2n) is 2.19. The van der Waals surface area contributed by atoms with Crippen LogP contribution in [0.25, 0.3) is 0 Å². The van der Waals surface area contributed by atoms with Gasteiger partial charge in [0.25, 0.3) is 0 Å². The zero-order valence-electron chi connectivity index (χ0n) is 6.32. The third-order valence-corrected chi connectivity index (χ3v) is 1.51. The number of hydrogen-bond acceptors (Lipinski definition) is 1. The van der Waals surface area contributed by atoms with E-state index in [-0.39, 0.29) is 5.56 Å². The first kappa shape index (κ1) is 7.98. The third kappa shape index (κ3) is 1.31. The average Bonchev–Trinajstić information content (AvgIpc) is 2.01. The maximum Gasteiger partial charge on any atom is 0.165 e. The van der Waals surface area contributed by atoms with Gasteiger partial charge < -0.3 is 4.74 Å². The second-order valence-corrected chi connectivity index (χ2v) is 2.19. The Labute approximate surface area is 63.6 Å². The lowest BCUT2D eigenvalue weighted by molar-refractivity contribution is 0.401. The minimum Gasteiger partial charge on any atom is -0.496 e. The Morgan fingerprint density at radius 2 is 1.91 bits per heavy atom. The summed E-state index contributed by atoms with van der Waals surface area (Å²) >= 11 is 0. The van der Waals surface area contributed by atoms with E-state index < -0.39 is 11.6 Å². The molecule has 60 valence electrons. The highest BCUT2D eigenvalue weighted by atomic mass is 19.2. The first-order valence-electron chi connectivity index (χ1n) is 3.15. The Bertz CT molecular complexity index is 271. The van der Waals surface area contributed by atoms with Crippen LogP contribution in [0.1, 0.15) is 5.56 Å². The maximum atomic E-state index is 12.7. The van der Waals surface area contributed by atoms with Crippen LogP contribution < -0.4 is 4.74 Å². The first-order valence-corrected chi connectivity index (χ1v) is 3.15. The molecular formula is C8H8F2O. The lowest BCUT2D eigenvalue weighted by Crippen LogP contribution is -1.93. The van der Waals surface area contributed by atoms with Gasteiger partial charge in [0.2, 0.25) is 0 Å². The highest BCUT2D eigenvalue weighted by molar-refractivity contribution is 5.33. The number of methoxy groups -OCH3 is 1. The van der Waals surface area contributed by atoms with E-state index in [9.17, 15) is 8.78 Å². The molecule has 0 bridgehead atoms. The topological polar surface area (TPSA) is 9.23 Å². The van der Waals surface area contributed by atoms with Gasteiger partial charge in [0.15, 0.2) is 11.6 Å². The summed E-state index contributed by atoms with van der Waals surface area (Å²) in [6.07, 6.45) is 0. The van der Waals surface area contributed by atoms with E-state index in [1.54, 1.807) is 0 Å². The molecule has 1 aromatic rings. The van der Waals surface area contributed by atoms with E-state index in [4.69, 9.17) is 4.74 Å². The van der Waals surface area contributed by atoms with Crippen LogP contribution in [0.3, 0.4) is 0 Å². The Morgan fingerprint density at radius 3 is 2.45 bits per heavy atom. The van der Waals surface area contributed by atoms with Crippen LogP contribution in [0.4, 0.5) is 8.78 Å². The van der Waals surface area contributed by atoms with E-state index in [1.807, 2.05) is 0 Å². The van der Waals surface area contributed by atoms with Crippen molar-refractivity contribution in [1.82, 2.24) is 0 Å². The van der Waals surface area contributed by atoms with Crippen LogP contribution in [0, 0.1) is 18.6 Å². The zero-order chi connectivity index (χ0) is 8.43. The Kier molecular flexibility index (Phi) is 2.08. The summed E-state index contributed by atoms with van der Waals surface area (Å²) in [5.41, 5.74) is 0.201. The van der Waals surface area contributed by atoms with Crippen molar-refractivity contribution >= 4 is 0 Å². The molecule has 0 heterocycles. The van der Waals surface area contributed by atoms with Crippen molar-refractivity contribution in [2.24, 2.45) is 0 Å². The summed E-state index contributed by atoms with van der Waals surface area (Å²) in [7, 11) is 1.42. The molecule has 0 aromatic heterocycles. The minimum absolute atomic E-state index is 0.201. The molecule has 0 saturated carbocycles. The van der Waals surface area contributed by atoms with Gasteiger partial charge >= 0.3 is 0 Å². The van der Waals surface area contributed by atoms with Gasteiger partial charge in [-0.3, -0.25) is 0 Å². The predicted octanol–water partition coefficient (Wildman–Crippen LogP) is 2.28. The van der Waals surface area contributed by atoms with Gasteiger partial charge in [-0.25, -0.2) is 8.78 Å². The molecule has 11 heavy (non-hydrogen) atoms. The lowest BCUT2D eigenvalue weighted by Gasteiger charge is -2.04. The molecule has 1 rings (SSSR count). The molecule has 0 fully saturated rings. The standard InChI is InChI=1S/C8H8F2O/c1-5-7(11-2)4-3-6(9)8(5)10/h3-4H,1-2H3. The van der Waals surface area contributed by atoms with Crippen molar-refractivity contribution in [1.29, 1.82) is 0 Å². The summed E-state index contributed by atoms with van der Waals surface area (Å²) in [6.45, 7) is 1.47. The van der Waals surface area contributed by atoms with Crippen LogP contribution in [0.15, 0.2) is 12.1 Å². The zero-order valence-corrected chi connectivity index (χ0v) is 6.32. The number of ether oxygens (including phenoxy) is 1. The normalized spacial score (nSPS) is 9.82. The van der Waals surface area contributed by atoms with Crippen molar-refractivity contribution in [2.45, 2.75) is 6.92 Å². The maximum absolute atomic E-state index is 12.7. The number of rotatable bonds is 1. The van der Waals surface area contributed by atoms with Gasteiger partial charge in [-0.2, -0.15) is 0 Å². The lowest BCUT2D eigenvalue weighted by atomic mass is 10.2. The van der Waals surface area contributed by atoms with Gasteiger partial charge in [-0.1, -0.05) is 0 Å². The monoisotopic (exact) mass is 158 g/mol. The molecule has 1 nitrogen and oxygen atoms in total. The number of hydrogen-bond donors (Lipinski definition) is 0. The highest BCUT2D eigenvalue weighted by Gasteiger charge is 2.08. The van der Waals surface area contributed by atoms with E-state index in [1.165, 1.54) is 20.1 Å². The molecule has 0 saturated heterocycles. The minimum atomic E-state index is -0.844. The van der Waals surface area contributed by atoms with Gasteiger partial charge in [0, 0.05) is 5.56 Å². The highest BCUT2D eigenvalue weighted by Crippen LogP contribution is 2.21. The Morgan fingerprint density at radius 1 is 1.27 bits per heavy atom. The summed E-state index contributed by atoms with van der Waals surface area (Å²) in [5.74, 6) is -1.32. The molecule has 0 radical (unpaired) electrons. The summed E-state index contributed by atoms with van der Waals surface area (Å²) in [4.78, 5) is 0. The van der Waals surface area contributed by atoms with Crippen molar-refractivity contribution in [2.75, 3.05) is 7.11 Å². The fraction of sp³-hybridized carbons (Fsp3) is 0.250. The van der Waals surface area contributed by atoms with E-state index in [0.29, 0.717) is 5.75 Å². The van der Waals surface area contributed by atoms with Gasteiger partial charge in [0.1, 0.15) is 5.75 Å². The van der Waals surface area contributed by atoms with E-state index >= 15 is 0 Å². The van der Waals surface area contributed by atoms with Crippen LogP contribution in [0.5, 0.6) is 5.75 Å². The van der Waals surface area contributed by atoms with Crippen molar-refractivity contribution in [3.63, 3.8) is 0 Å². The molecule has 0 amide bonds. The number of benzene rings is 1. The fourth-order valence-electron chi connectivity index (χ4n) is 0.855. The largest absolute Gasteiger partial charge is 0.496 e. The Hall–Kier alpha value is -1.12. The molecule has 0 unspecified atom stereocenters. The quantitative estimate of drug-likeness (QED) is 0.609. The molecule has 0 aliphatic heterocycles. The van der Waals surface area contributed by atoms with Crippen molar-refractivity contribution in [3.8, 4) is 5.75 Å². The molecule has 0 atom stereocenters. The van der Waals surface area contributed by atoms with Gasteiger partial charge in [0.05, 0.1) is 7.11 Å². The molecule has 0 N–H and O–H groups in total. The molecular weight excluding hydrogens is 150 g/mol. The second kappa shape index (κ2) is 2.86. The smallest absolute Gasteiger partial charge is 0.165 e. The van der Waals surface area contributed by atoms with Crippen molar-refractivity contribution < 1.29 is 13.5 Å². The first-order chi connectivity index (χ1) is 5.16. The molecule has 0 spiro atoms. The van der Waals surface area contributed by atoms with Crippen molar-refractivity contribution in [3.05, 3.63) is 29.3 Å². The Balaban J connectivity index is 3.25. The molecule has 1 aromatic carbocycles. The molecule has 3 heteroatoms. The van der Waals surface area contributed by atoms with E-state index in [2.05, 4.69) is 0 Å². The molecule has 0 aliphatic carbocycles. The summed E-state index contributed by atoms with van der Waals surface area (Å²) < 4.78 is 30.0. The fourth-order valence-corrected chi connectivity index (χ4v) is 0.855. The van der Waals surface area contributed by atoms with Gasteiger partial charge in [-0.15, -0.1) is 0 Å². The number of halogens is 2. The average molecular weight is 158 g/mol. The summed E-state index contributed by atoms with van der Waals surface area (Å²) in [5, 5.41) is 0. The van der Waals surface area contributed by atoms with Gasteiger partial charge in [-0.05, 0) is 19.1 Å². The predicted molar refractivity (Wildman–Crippen MR) is 37.6 cm³/mol. The third-order valence-electron chi connectivity index (χ3n) is 1.51. The summed E-state index contributed by atoms with van der Waals surface area (Å²) in [6, 6.07) is 2.44. The van der Waals surface area contributed by atoms with Crippen LogP contribution >= 0.6 is 0 Å². The van der Waals surface area contributed by atoms with Crippen LogP contribution in [-0.4, -0.2) is 7.11 Å². The van der Waals surface area contributed by atoms with Crippen LogP contribution in [-0.2, 0) is 0 Å². The molecule has 0 aliphatic rings. The van der Waals surface area contributed by atoms with Crippen LogP contribution in [0.2, 0.25) is 0 Å².